The van der Waals surface area contributed by atoms with Crippen LogP contribution in [-0.4, -0.2) is 36.6 Å². The maximum Gasteiger partial charge on any atom is 0.414 e. The number of ketones is 1. The Hall–Kier alpha value is -2.11. The molecule has 0 fully saturated rings. The average Bonchev–Trinajstić information content (AvgIpc) is 2.35. The van der Waals surface area contributed by atoms with Gasteiger partial charge in [-0.15, -0.1) is 0 Å². The number of Topliss-reactive ketones (excluding diaryl/α,β-unsaturated/α-hetero) is 1. The van der Waals surface area contributed by atoms with Crippen LogP contribution in [0.4, 0.5) is 10.5 Å². The number of anilines is 1. The smallest absolute Gasteiger partial charge is 0.414 e. The third-order valence-electron chi connectivity index (χ3n) is 2.61. The van der Waals surface area contributed by atoms with E-state index in [1.165, 1.54) is 25.1 Å². The van der Waals surface area contributed by atoms with Crippen LogP contribution in [0.3, 0.4) is 0 Å². The summed E-state index contributed by atoms with van der Waals surface area (Å²) in [5, 5.41) is 0. The first-order chi connectivity index (χ1) is 9.64. The number of rotatable bonds is 4. The van der Waals surface area contributed by atoms with Crippen LogP contribution >= 0.6 is 0 Å². The van der Waals surface area contributed by atoms with E-state index < -0.39 is 11.7 Å². The van der Waals surface area contributed by atoms with Crippen LogP contribution in [0.2, 0.25) is 0 Å². The minimum absolute atomic E-state index is 0.0131. The fourth-order valence-corrected chi connectivity index (χ4v) is 1.71. The molecule has 0 aromatic carbocycles. The van der Waals surface area contributed by atoms with E-state index in [-0.39, 0.29) is 12.2 Å². The van der Waals surface area contributed by atoms with Crippen molar-refractivity contribution in [2.75, 3.05) is 19.1 Å². The lowest BCUT2D eigenvalue weighted by Gasteiger charge is -2.26. The van der Waals surface area contributed by atoms with E-state index in [1.54, 1.807) is 33.9 Å². The molecule has 0 N–H and O–H groups in total. The fourth-order valence-electron chi connectivity index (χ4n) is 1.71. The molecule has 0 saturated carbocycles. The van der Waals surface area contributed by atoms with Crippen LogP contribution in [0, 0.1) is 0 Å². The average molecular weight is 294 g/mol. The van der Waals surface area contributed by atoms with Gasteiger partial charge in [0, 0.05) is 31.3 Å². The predicted molar refractivity (Wildman–Crippen MR) is 79.8 cm³/mol. The monoisotopic (exact) mass is 294 g/mol. The van der Waals surface area contributed by atoms with Crippen molar-refractivity contribution in [2.24, 2.45) is 0 Å². The number of pyridine rings is 1. The number of ether oxygens (including phenoxy) is 2. The molecule has 1 aromatic rings. The van der Waals surface area contributed by atoms with E-state index in [0.717, 1.165) is 0 Å². The highest BCUT2D eigenvalue weighted by atomic mass is 16.6. The van der Waals surface area contributed by atoms with Crippen molar-refractivity contribution in [1.82, 2.24) is 4.98 Å². The molecule has 1 rings (SSSR count). The molecule has 0 unspecified atom stereocenters. The molecular weight excluding hydrogens is 272 g/mol. The number of carbonyl (C=O) groups is 2. The summed E-state index contributed by atoms with van der Waals surface area (Å²) in [5.41, 5.74) is 0.603. The molecule has 116 valence electrons. The molecule has 0 atom stereocenters. The molecule has 1 amide bonds. The third-order valence-corrected chi connectivity index (χ3v) is 2.61. The quantitative estimate of drug-likeness (QED) is 0.853. The van der Waals surface area contributed by atoms with Crippen molar-refractivity contribution in [3.8, 4) is 5.88 Å². The van der Waals surface area contributed by atoms with Gasteiger partial charge in [-0.3, -0.25) is 9.69 Å². The first-order valence-corrected chi connectivity index (χ1v) is 6.63. The molecule has 0 aliphatic carbocycles. The first kappa shape index (κ1) is 16.9. The standard InChI is InChI=1S/C15H22N2O4/c1-10(18)7-11-9-16-13(20-6)8-12(11)17(5)14(19)21-15(2,3)4/h8-9H,7H2,1-6H3. The van der Waals surface area contributed by atoms with Crippen molar-refractivity contribution >= 4 is 17.6 Å². The number of nitrogens with zero attached hydrogens (tertiary/aromatic N) is 2. The van der Waals surface area contributed by atoms with E-state index in [2.05, 4.69) is 4.98 Å². The van der Waals surface area contributed by atoms with Gasteiger partial charge in [0.15, 0.2) is 0 Å². The third kappa shape index (κ3) is 5.06. The Morgan fingerprint density at radius 1 is 1.33 bits per heavy atom. The number of aromatic nitrogens is 1. The highest BCUT2D eigenvalue weighted by molar-refractivity contribution is 5.90. The molecule has 0 bridgehead atoms. The number of amides is 1. The van der Waals surface area contributed by atoms with E-state index in [9.17, 15) is 9.59 Å². The summed E-state index contributed by atoms with van der Waals surface area (Å²) in [6.45, 7) is 6.87. The molecule has 0 aliphatic rings. The lowest BCUT2D eigenvalue weighted by Crippen LogP contribution is -2.34. The number of carbonyl (C=O) groups excluding carboxylic acids is 2. The van der Waals surface area contributed by atoms with E-state index in [0.29, 0.717) is 17.1 Å². The molecule has 1 heterocycles. The fraction of sp³-hybridized carbons (Fsp3) is 0.533. The molecule has 1 aromatic heterocycles. The Labute approximate surface area is 125 Å². The number of hydrogen-bond donors (Lipinski definition) is 0. The largest absolute Gasteiger partial charge is 0.481 e. The van der Waals surface area contributed by atoms with Crippen molar-refractivity contribution in [2.45, 2.75) is 39.7 Å². The van der Waals surface area contributed by atoms with Crippen molar-refractivity contribution < 1.29 is 19.1 Å². The van der Waals surface area contributed by atoms with Crippen LogP contribution in [0.1, 0.15) is 33.3 Å². The summed E-state index contributed by atoms with van der Waals surface area (Å²) < 4.78 is 10.4. The van der Waals surface area contributed by atoms with E-state index in [4.69, 9.17) is 9.47 Å². The molecule has 0 radical (unpaired) electrons. The lowest BCUT2D eigenvalue weighted by molar-refractivity contribution is -0.116. The topological polar surface area (TPSA) is 68.7 Å². The van der Waals surface area contributed by atoms with Gasteiger partial charge in [-0.1, -0.05) is 0 Å². The Balaban J connectivity index is 3.12. The van der Waals surface area contributed by atoms with Crippen LogP contribution in [0.5, 0.6) is 5.88 Å². The molecule has 6 nitrogen and oxygen atoms in total. The zero-order valence-corrected chi connectivity index (χ0v) is 13.4. The van der Waals surface area contributed by atoms with Gasteiger partial charge >= 0.3 is 6.09 Å². The summed E-state index contributed by atoms with van der Waals surface area (Å²) >= 11 is 0. The van der Waals surface area contributed by atoms with Crippen LogP contribution in [-0.2, 0) is 16.0 Å². The van der Waals surface area contributed by atoms with Gasteiger partial charge in [-0.05, 0) is 27.7 Å². The minimum Gasteiger partial charge on any atom is -0.481 e. The first-order valence-electron chi connectivity index (χ1n) is 6.63. The molecular formula is C15H22N2O4. The van der Waals surface area contributed by atoms with Crippen LogP contribution < -0.4 is 9.64 Å². The van der Waals surface area contributed by atoms with E-state index >= 15 is 0 Å². The van der Waals surface area contributed by atoms with Gasteiger partial charge in [0.05, 0.1) is 12.8 Å². The zero-order valence-electron chi connectivity index (χ0n) is 13.4. The van der Waals surface area contributed by atoms with E-state index in [1.807, 2.05) is 0 Å². The SMILES string of the molecule is COc1cc(N(C)C(=O)OC(C)(C)C)c(CC(C)=O)cn1. The van der Waals surface area contributed by atoms with Crippen LogP contribution in [0.25, 0.3) is 0 Å². The summed E-state index contributed by atoms with van der Waals surface area (Å²) in [4.78, 5) is 28.9. The minimum atomic E-state index is -0.594. The summed E-state index contributed by atoms with van der Waals surface area (Å²) in [5.74, 6) is 0.355. The Kier molecular flexibility index (Phi) is 5.29. The number of methoxy groups -OCH3 is 1. The summed E-state index contributed by atoms with van der Waals surface area (Å²) in [6.07, 6.45) is 1.23. The molecule has 0 aliphatic heterocycles. The number of hydrogen-bond acceptors (Lipinski definition) is 5. The lowest BCUT2D eigenvalue weighted by atomic mass is 10.1. The van der Waals surface area contributed by atoms with Crippen LogP contribution in [0.15, 0.2) is 12.3 Å². The molecule has 0 saturated heterocycles. The van der Waals surface area contributed by atoms with Gasteiger partial charge in [-0.25, -0.2) is 9.78 Å². The highest BCUT2D eigenvalue weighted by Crippen LogP contribution is 2.25. The molecule has 21 heavy (non-hydrogen) atoms. The maximum absolute atomic E-state index is 12.2. The Morgan fingerprint density at radius 3 is 2.43 bits per heavy atom. The zero-order chi connectivity index (χ0) is 16.2. The second kappa shape index (κ2) is 6.56. The van der Waals surface area contributed by atoms with Crippen molar-refractivity contribution in [3.63, 3.8) is 0 Å². The normalized spacial score (nSPS) is 11.0. The Bertz CT molecular complexity index is 535. The second-order valence-corrected chi connectivity index (χ2v) is 5.77. The van der Waals surface area contributed by atoms with Gasteiger partial charge in [0.25, 0.3) is 0 Å². The summed E-state index contributed by atoms with van der Waals surface area (Å²) in [6, 6.07) is 1.61. The molecule has 6 heteroatoms. The Morgan fingerprint density at radius 2 is 1.95 bits per heavy atom. The predicted octanol–water partition coefficient (Wildman–Crippen LogP) is 2.59. The van der Waals surface area contributed by atoms with Gasteiger partial charge in [-0.2, -0.15) is 0 Å². The highest BCUT2D eigenvalue weighted by Gasteiger charge is 2.23. The van der Waals surface area contributed by atoms with Crippen molar-refractivity contribution in [1.29, 1.82) is 0 Å². The summed E-state index contributed by atoms with van der Waals surface area (Å²) in [7, 11) is 3.08. The van der Waals surface area contributed by atoms with Gasteiger partial charge < -0.3 is 9.47 Å². The van der Waals surface area contributed by atoms with Gasteiger partial charge in [0.1, 0.15) is 11.4 Å². The molecule has 0 spiro atoms. The maximum atomic E-state index is 12.2. The van der Waals surface area contributed by atoms with Gasteiger partial charge in [0.2, 0.25) is 5.88 Å². The van der Waals surface area contributed by atoms with Crippen molar-refractivity contribution in [3.05, 3.63) is 17.8 Å². The second-order valence-electron chi connectivity index (χ2n) is 5.77.